The Hall–Kier alpha value is -2.91. The van der Waals surface area contributed by atoms with Crippen LogP contribution in [0.15, 0.2) is 47.7 Å². The van der Waals surface area contributed by atoms with E-state index in [1.165, 1.54) is 10.8 Å². The molecule has 0 spiro atoms. The van der Waals surface area contributed by atoms with Crippen molar-refractivity contribution in [1.82, 2.24) is 29.0 Å². The van der Waals surface area contributed by atoms with E-state index >= 15 is 0 Å². The third-order valence-corrected chi connectivity index (χ3v) is 6.34. The standard InChI is InChI=1S/C21H22N6O2S.CH4/c1-29-17-4-2-15(3-5-17)13-26-18-10-16(12-25-6-8-30-9-7-25)11-22-19(18)20-23-14-24-27(20)21(26)28;/h2-5,10-11,14H,6-9,12-13H2,1H3;1H4. The van der Waals surface area contributed by atoms with Crippen molar-refractivity contribution in [3.8, 4) is 5.75 Å². The third-order valence-electron chi connectivity index (χ3n) is 5.40. The SMILES string of the molecule is C.COc1ccc(Cn2c(=O)n3ncnc3c3ncc(CN4CCSCC4)cc32)cc1. The molecule has 0 N–H and O–H groups in total. The number of fused-ring (bicyclic) bond motifs is 3. The van der Waals surface area contributed by atoms with E-state index < -0.39 is 0 Å². The van der Waals surface area contributed by atoms with Crippen molar-refractivity contribution in [2.24, 2.45) is 0 Å². The number of rotatable bonds is 5. The lowest BCUT2D eigenvalue weighted by Gasteiger charge is -2.26. The topological polar surface area (TPSA) is 77.5 Å². The fourth-order valence-electron chi connectivity index (χ4n) is 3.80. The molecule has 0 aliphatic carbocycles. The van der Waals surface area contributed by atoms with Crippen LogP contribution in [0.4, 0.5) is 0 Å². The fraction of sp³-hybridized carbons (Fsp3) is 0.364. The fourth-order valence-corrected chi connectivity index (χ4v) is 4.78. The summed E-state index contributed by atoms with van der Waals surface area (Å²) >= 11 is 1.99. The quantitative estimate of drug-likeness (QED) is 0.474. The van der Waals surface area contributed by atoms with Gasteiger partial charge in [-0.25, -0.2) is 9.78 Å². The highest BCUT2D eigenvalue weighted by molar-refractivity contribution is 7.99. The van der Waals surface area contributed by atoms with E-state index in [0.29, 0.717) is 17.7 Å². The second kappa shape index (κ2) is 9.07. The van der Waals surface area contributed by atoms with E-state index in [4.69, 9.17) is 4.74 Å². The maximum Gasteiger partial charge on any atom is 0.351 e. The minimum Gasteiger partial charge on any atom is -0.497 e. The number of aromatic nitrogens is 5. The Morgan fingerprint density at radius 2 is 1.84 bits per heavy atom. The van der Waals surface area contributed by atoms with Gasteiger partial charge in [-0.15, -0.1) is 0 Å². The molecule has 1 aromatic carbocycles. The van der Waals surface area contributed by atoms with Crippen LogP contribution >= 0.6 is 11.8 Å². The molecule has 4 heterocycles. The molecule has 0 unspecified atom stereocenters. The van der Waals surface area contributed by atoms with E-state index in [1.807, 2.05) is 42.2 Å². The zero-order chi connectivity index (χ0) is 20.5. The molecule has 5 rings (SSSR count). The van der Waals surface area contributed by atoms with Gasteiger partial charge in [0.15, 0.2) is 5.65 Å². The summed E-state index contributed by atoms with van der Waals surface area (Å²) in [5.74, 6) is 3.10. The van der Waals surface area contributed by atoms with Crippen molar-refractivity contribution in [2.45, 2.75) is 20.5 Å². The minimum absolute atomic E-state index is 0. The van der Waals surface area contributed by atoms with Gasteiger partial charge in [0.25, 0.3) is 0 Å². The lowest BCUT2D eigenvalue weighted by atomic mass is 10.2. The highest BCUT2D eigenvalue weighted by Crippen LogP contribution is 2.20. The van der Waals surface area contributed by atoms with Crippen LogP contribution in [-0.4, -0.2) is 60.8 Å². The van der Waals surface area contributed by atoms with Crippen LogP contribution in [-0.2, 0) is 13.1 Å². The van der Waals surface area contributed by atoms with Crippen LogP contribution in [0.25, 0.3) is 16.7 Å². The normalized spacial score (nSPS) is 14.6. The van der Waals surface area contributed by atoms with E-state index in [9.17, 15) is 4.79 Å². The van der Waals surface area contributed by atoms with Crippen molar-refractivity contribution < 1.29 is 4.74 Å². The van der Waals surface area contributed by atoms with E-state index in [2.05, 4.69) is 26.0 Å². The predicted octanol–water partition coefficient (Wildman–Crippen LogP) is 2.68. The van der Waals surface area contributed by atoms with Gasteiger partial charge >= 0.3 is 5.69 Å². The Labute approximate surface area is 184 Å². The van der Waals surface area contributed by atoms with Crippen molar-refractivity contribution in [1.29, 1.82) is 0 Å². The highest BCUT2D eigenvalue weighted by atomic mass is 32.2. The first-order valence-electron chi connectivity index (χ1n) is 9.87. The molecule has 9 heteroatoms. The van der Waals surface area contributed by atoms with E-state index in [0.717, 1.165) is 53.5 Å². The largest absolute Gasteiger partial charge is 0.497 e. The number of thioether (sulfide) groups is 1. The van der Waals surface area contributed by atoms with Gasteiger partial charge in [0.2, 0.25) is 0 Å². The molecule has 0 atom stereocenters. The monoisotopic (exact) mass is 438 g/mol. The zero-order valence-electron chi connectivity index (χ0n) is 16.7. The Balaban J connectivity index is 0.00000231. The van der Waals surface area contributed by atoms with Gasteiger partial charge in [-0.3, -0.25) is 14.5 Å². The molecule has 0 amide bonds. The number of methoxy groups -OCH3 is 1. The van der Waals surface area contributed by atoms with E-state index in [-0.39, 0.29) is 13.1 Å². The Morgan fingerprint density at radius 1 is 1.06 bits per heavy atom. The van der Waals surface area contributed by atoms with Gasteiger partial charge in [0.1, 0.15) is 17.6 Å². The van der Waals surface area contributed by atoms with Crippen LogP contribution < -0.4 is 10.4 Å². The van der Waals surface area contributed by atoms with Gasteiger partial charge in [-0.2, -0.15) is 21.4 Å². The maximum absolute atomic E-state index is 13.2. The molecule has 1 fully saturated rings. The second-order valence-corrected chi connectivity index (χ2v) is 8.54. The third kappa shape index (κ3) is 4.15. The van der Waals surface area contributed by atoms with Crippen LogP contribution in [0.2, 0.25) is 0 Å². The summed E-state index contributed by atoms with van der Waals surface area (Å²) in [6.07, 6.45) is 3.29. The predicted molar refractivity (Wildman–Crippen MR) is 124 cm³/mol. The van der Waals surface area contributed by atoms with Gasteiger partial charge in [-0.05, 0) is 29.3 Å². The van der Waals surface area contributed by atoms with Crippen LogP contribution in [0.5, 0.6) is 5.75 Å². The second-order valence-electron chi connectivity index (χ2n) is 7.31. The number of hydrogen-bond donors (Lipinski definition) is 0. The molecular weight excluding hydrogens is 412 g/mol. The van der Waals surface area contributed by atoms with Crippen LogP contribution in [0, 0.1) is 0 Å². The van der Waals surface area contributed by atoms with Crippen LogP contribution in [0.3, 0.4) is 0 Å². The minimum atomic E-state index is -0.223. The summed E-state index contributed by atoms with van der Waals surface area (Å²) in [5.41, 5.74) is 3.82. The molecule has 162 valence electrons. The number of benzene rings is 1. The lowest BCUT2D eigenvalue weighted by molar-refractivity contribution is 0.294. The summed E-state index contributed by atoms with van der Waals surface area (Å²) in [6, 6.07) is 9.80. The first kappa shape index (κ1) is 21.3. The molecular formula is C22H26N6O2S. The first-order chi connectivity index (χ1) is 14.7. The van der Waals surface area contributed by atoms with E-state index in [1.54, 1.807) is 11.7 Å². The summed E-state index contributed by atoms with van der Waals surface area (Å²) in [6.45, 7) is 3.40. The van der Waals surface area contributed by atoms with Crippen molar-refractivity contribution in [3.05, 3.63) is 64.5 Å². The highest BCUT2D eigenvalue weighted by Gasteiger charge is 2.16. The summed E-state index contributed by atoms with van der Waals surface area (Å²) in [5, 5.41) is 4.12. The Morgan fingerprint density at radius 3 is 2.58 bits per heavy atom. The molecule has 1 aliphatic rings. The molecule has 3 aromatic heterocycles. The molecule has 8 nitrogen and oxygen atoms in total. The summed E-state index contributed by atoms with van der Waals surface area (Å²) < 4.78 is 8.28. The summed E-state index contributed by atoms with van der Waals surface area (Å²) in [4.78, 5) is 24.6. The molecule has 1 aliphatic heterocycles. The lowest BCUT2D eigenvalue weighted by Crippen LogP contribution is -2.32. The molecule has 31 heavy (non-hydrogen) atoms. The molecule has 0 saturated carbocycles. The summed E-state index contributed by atoms with van der Waals surface area (Å²) in [7, 11) is 1.64. The van der Waals surface area contributed by atoms with Crippen LogP contribution in [0.1, 0.15) is 18.6 Å². The van der Waals surface area contributed by atoms with Gasteiger partial charge < -0.3 is 4.74 Å². The number of nitrogens with zero attached hydrogens (tertiary/aromatic N) is 6. The first-order valence-corrected chi connectivity index (χ1v) is 11.0. The molecule has 1 saturated heterocycles. The Bertz CT molecular complexity index is 1240. The number of ether oxygens (including phenoxy) is 1. The van der Waals surface area contributed by atoms with Crippen molar-refractivity contribution >= 4 is 28.4 Å². The number of hydrogen-bond acceptors (Lipinski definition) is 7. The smallest absolute Gasteiger partial charge is 0.351 e. The maximum atomic E-state index is 13.2. The molecule has 0 radical (unpaired) electrons. The van der Waals surface area contributed by atoms with Gasteiger partial charge in [0.05, 0.1) is 19.2 Å². The Kier molecular flexibility index (Phi) is 6.24. The average molecular weight is 439 g/mol. The zero-order valence-corrected chi connectivity index (χ0v) is 17.5. The van der Waals surface area contributed by atoms with Gasteiger partial charge in [-0.1, -0.05) is 19.6 Å². The van der Waals surface area contributed by atoms with Crippen molar-refractivity contribution in [3.63, 3.8) is 0 Å². The van der Waals surface area contributed by atoms with Crippen molar-refractivity contribution in [2.75, 3.05) is 31.7 Å². The molecule has 0 bridgehead atoms. The number of pyridine rings is 1. The van der Waals surface area contributed by atoms with Gasteiger partial charge in [0, 0.05) is 37.3 Å². The average Bonchev–Trinajstić information content (AvgIpc) is 3.28. The molecule has 4 aromatic rings.